The van der Waals surface area contributed by atoms with Gasteiger partial charge in [-0.25, -0.2) is 0 Å². The van der Waals surface area contributed by atoms with Gasteiger partial charge in [0.15, 0.2) is 16.7 Å². The van der Waals surface area contributed by atoms with Crippen LogP contribution in [0.1, 0.15) is 18.1 Å². The third-order valence-corrected chi connectivity index (χ3v) is 8.04. The van der Waals surface area contributed by atoms with E-state index >= 15 is 0 Å². The minimum absolute atomic E-state index is 0.0659. The second-order valence-corrected chi connectivity index (χ2v) is 10.6. The smallest absolute Gasteiger partial charge is 0.284 e. The van der Waals surface area contributed by atoms with Crippen molar-refractivity contribution in [1.82, 2.24) is 4.90 Å². The molecule has 1 heterocycles. The molecule has 1 fully saturated rings. The molecule has 186 valence electrons. The molecule has 7 nitrogen and oxygen atoms in total. The van der Waals surface area contributed by atoms with Crippen molar-refractivity contribution < 1.29 is 22.7 Å². The summed E-state index contributed by atoms with van der Waals surface area (Å²) in [6.45, 7) is 2.32. The molecule has 1 aliphatic heterocycles. The molecule has 36 heavy (non-hydrogen) atoms. The molecule has 4 rings (SSSR count). The van der Waals surface area contributed by atoms with E-state index in [-0.39, 0.29) is 29.1 Å². The molecular formula is C26H23ClN2O5S2. The zero-order valence-corrected chi connectivity index (χ0v) is 21.9. The average molecular weight is 543 g/mol. The Balaban J connectivity index is 1.57. The number of nitrogens with zero attached hydrogens (tertiary/aromatic N) is 2. The number of benzene rings is 3. The number of rotatable bonds is 8. The number of methoxy groups -OCH3 is 1. The zero-order chi connectivity index (χ0) is 25.7. The Bertz CT molecular complexity index is 1440. The predicted molar refractivity (Wildman–Crippen MR) is 143 cm³/mol. The Kier molecular flexibility index (Phi) is 8.03. The third kappa shape index (κ3) is 5.75. The van der Waals surface area contributed by atoms with Gasteiger partial charge in [-0.3, -0.25) is 9.69 Å². The summed E-state index contributed by atoms with van der Waals surface area (Å²) in [5, 5.41) is 0.728. The fourth-order valence-electron chi connectivity index (χ4n) is 3.42. The highest BCUT2D eigenvalue weighted by molar-refractivity contribution is 8.19. The summed E-state index contributed by atoms with van der Waals surface area (Å²) in [5.74, 6) is 0.693. The van der Waals surface area contributed by atoms with Gasteiger partial charge in [-0.1, -0.05) is 54.1 Å². The molecule has 3 aromatic rings. The van der Waals surface area contributed by atoms with Crippen LogP contribution >= 0.6 is 23.4 Å². The van der Waals surface area contributed by atoms with Crippen LogP contribution in [-0.4, -0.2) is 38.0 Å². The Morgan fingerprint density at radius 2 is 1.75 bits per heavy atom. The van der Waals surface area contributed by atoms with E-state index in [1.807, 2.05) is 18.2 Å². The number of likely N-dealkylation sites (N-methyl/N-ethyl adjacent to an activating group) is 1. The number of carbonyl (C=O) groups excluding carboxylic acids is 1. The number of ether oxygens (including phenoxy) is 2. The van der Waals surface area contributed by atoms with Crippen LogP contribution in [0.5, 0.6) is 11.5 Å². The molecule has 1 aliphatic rings. The van der Waals surface area contributed by atoms with E-state index in [4.69, 9.17) is 21.1 Å². The summed E-state index contributed by atoms with van der Waals surface area (Å²) in [6.07, 6.45) is 1.67. The first kappa shape index (κ1) is 25.8. The predicted octanol–water partition coefficient (Wildman–Crippen LogP) is 5.61. The van der Waals surface area contributed by atoms with Crippen molar-refractivity contribution in [2.45, 2.75) is 18.4 Å². The largest absolute Gasteiger partial charge is 0.493 e. The molecule has 0 spiro atoms. The molecule has 0 unspecified atom stereocenters. The van der Waals surface area contributed by atoms with Gasteiger partial charge in [0.25, 0.3) is 15.9 Å². The number of carbonyl (C=O) groups is 1. The molecule has 0 N–H and O–H groups in total. The lowest BCUT2D eigenvalue weighted by atomic mass is 10.1. The van der Waals surface area contributed by atoms with Crippen LogP contribution in [0.4, 0.5) is 0 Å². The lowest BCUT2D eigenvalue weighted by Crippen LogP contribution is -2.29. The van der Waals surface area contributed by atoms with Gasteiger partial charge in [-0.2, -0.15) is 8.42 Å². The Hall–Kier alpha value is -3.27. The lowest BCUT2D eigenvalue weighted by molar-refractivity contribution is -0.122. The molecule has 10 heteroatoms. The van der Waals surface area contributed by atoms with E-state index in [0.29, 0.717) is 27.0 Å². The molecule has 3 aromatic carbocycles. The second kappa shape index (κ2) is 11.2. The highest BCUT2D eigenvalue weighted by Gasteiger charge is 2.34. The molecule has 0 aromatic heterocycles. The normalized spacial score (nSPS) is 16.1. The summed E-state index contributed by atoms with van der Waals surface area (Å²) >= 11 is 7.22. The van der Waals surface area contributed by atoms with Crippen molar-refractivity contribution in [2.24, 2.45) is 4.40 Å². The van der Waals surface area contributed by atoms with E-state index in [1.54, 1.807) is 55.5 Å². The van der Waals surface area contributed by atoms with Gasteiger partial charge in [0, 0.05) is 17.1 Å². The van der Waals surface area contributed by atoms with Crippen molar-refractivity contribution in [3.63, 3.8) is 0 Å². The van der Waals surface area contributed by atoms with E-state index in [9.17, 15) is 13.2 Å². The van der Waals surface area contributed by atoms with Crippen LogP contribution in [0.3, 0.4) is 0 Å². The topological polar surface area (TPSA) is 85.3 Å². The number of sulfonamides is 1. The number of amides is 1. The summed E-state index contributed by atoms with van der Waals surface area (Å²) in [4.78, 5) is 14.7. The molecule has 0 aliphatic carbocycles. The maximum atomic E-state index is 13.0. The van der Waals surface area contributed by atoms with Crippen LogP contribution < -0.4 is 9.47 Å². The van der Waals surface area contributed by atoms with Crippen molar-refractivity contribution in [3.8, 4) is 11.5 Å². The van der Waals surface area contributed by atoms with E-state index in [2.05, 4.69) is 4.40 Å². The standard InChI is InChI=1S/C26H23ClN2O5S2/c1-3-29-25(30)24(35-26(29)28-36(31,32)20-10-5-4-6-11-20)16-18-13-14-22(23(15-18)33-2)34-17-19-9-7-8-12-21(19)27/h4-16H,3,17H2,1-2H3. The maximum Gasteiger partial charge on any atom is 0.284 e. The average Bonchev–Trinajstić information content (AvgIpc) is 3.17. The Morgan fingerprint density at radius 1 is 1.03 bits per heavy atom. The van der Waals surface area contributed by atoms with Crippen LogP contribution in [0.2, 0.25) is 5.02 Å². The van der Waals surface area contributed by atoms with Gasteiger partial charge >= 0.3 is 0 Å². The number of thioether (sulfide) groups is 1. The molecule has 0 atom stereocenters. The zero-order valence-electron chi connectivity index (χ0n) is 19.5. The fraction of sp³-hybridized carbons (Fsp3) is 0.154. The number of halogens is 1. The minimum Gasteiger partial charge on any atom is -0.493 e. The summed E-state index contributed by atoms with van der Waals surface area (Å²) < 4.78 is 40.8. The molecule has 0 saturated carbocycles. The SMILES string of the molecule is CCN1C(=O)C(=Cc2ccc(OCc3ccccc3Cl)c(OC)c2)SC1=NS(=O)(=O)c1ccccc1. The summed E-state index contributed by atoms with van der Waals surface area (Å²) in [6, 6.07) is 20.6. The quantitative estimate of drug-likeness (QED) is 0.344. The number of hydrogen-bond acceptors (Lipinski definition) is 6. The lowest BCUT2D eigenvalue weighted by Gasteiger charge is -2.12. The van der Waals surface area contributed by atoms with Crippen LogP contribution in [0.15, 0.2) is 87.0 Å². The highest BCUT2D eigenvalue weighted by atomic mass is 35.5. The first-order chi connectivity index (χ1) is 17.3. The van der Waals surface area contributed by atoms with Crippen LogP contribution in [-0.2, 0) is 21.4 Å². The van der Waals surface area contributed by atoms with Crippen molar-refractivity contribution >= 4 is 50.5 Å². The first-order valence-corrected chi connectivity index (χ1v) is 13.6. The van der Waals surface area contributed by atoms with E-state index in [0.717, 1.165) is 17.3 Å². The minimum atomic E-state index is -3.95. The third-order valence-electron chi connectivity index (χ3n) is 5.27. The van der Waals surface area contributed by atoms with Crippen molar-refractivity contribution in [2.75, 3.05) is 13.7 Å². The first-order valence-electron chi connectivity index (χ1n) is 11.0. The molecule has 1 amide bonds. The van der Waals surface area contributed by atoms with Crippen LogP contribution in [0, 0.1) is 0 Å². The van der Waals surface area contributed by atoms with Gasteiger partial charge in [0.2, 0.25) is 0 Å². The Labute approximate surface area is 219 Å². The van der Waals surface area contributed by atoms with Crippen LogP contribution in [0.25, 0.3) is 6.08 Å². The number of hydrogen-bond donors (Lipinski definition) is 0. The van der Waals surface area contributed by atoms with E-state index < -0.39 is 10.0 Å². The van der Waals surface area contributed by atoms with Gasteiger partial charge in [0.1, 0.15) is 6.61 Å². The van der Waals surface area contributed by atoms with Gasteiger partial charge in [-0.15, -0.1) is 4.40 Å². The molecule has 0 radical (unpaired) electrons. The molecule has 0 bridgehead atoms. The van der Waals surface area contributed by atoms with E-state index in [1.165, 1.54) is 24.1 Å². The van der Waals surface area contributed by atoms with Crippen molar-refractivity contribution in [1.29, 1.82) is 0 Å². The Morgan fingerprint density at radius 3 is 2.44 bits per heavy atom. The number of amidine groups is 1. The summed E-state index contributed by atoms with van der Waals surface area (Å²) in [7, 11) is -2.43. The summed E-state index contributed by atoms with van der Waals surface area (Å²) in [5.41, 5.74) is 1.54. The van der Waals surface area contributed by atoms with Gasteiger partial charge < -0.3 is 9.47 Å². The van der Waals surface area contributed by atoms with Gasteiger partial charge in [-0.05, 0) is 60.7 Å². The molecular weight excluding hydrogens is 520 g/mol. The highest BCUT2D eigenvalue weighted by Crippen LogP contribution is 2.35. The second-order valence-electron chi connectivity index (χ2n) is 7.61. The monoisotopic (exact) mass is 542 g/mol. The molecule has 1 saturated heterocycles. The van der Waals surface area contributed by atoms with Crippen molar-refractivity contribution in [3.05, 3.63) is 93.9 Å². The fourth-order valence-corrected chi connectivity index (χ4v) is 5.87. The van der Waals surface area contributed by atoms with Gasteiger partial charge in [0.05, 0.1) is 16.9 Å². The maximum absolute atomic E-state index is 13.0.